The molecular weight excluding hydrogens is 196 g/mol. The zero-order chi connectivity index (χ0) is 11.4. The lowest BCUT2D eigenvalue weighted by Gasteiger charge is -2.09. The first kappa shape index (κ1) is 10.3. The quantitative estimate of drug-likeness (QED) is 0.818. The molecule has 0 saturated heterocycles. The SMILES string of the molecule is Cc1ccc(C#N)cc1Nc1ccccc1. The van der Waals surface area contributed by atoms with E-state index in [2.05, 4.69) is 11.4 Å². The third-order valence-electron chi connectivity index (χ3n) is 2.42. The van der Waals surface area contributed by atoms with Crippen molar-refractivity contribution in [1.29, 1.82) is 5.26 Å². The summed E-state index contributed by atoms with van der Waals surface area (Å²) in [5, 5.41) is 12.1. The van der Waals surface area contributed by atoms with Crippen LogP contribution in [-0.2, 0) is 0 Å². The summed E-state index contributed by atoms with van der Waals surface area (Å²) in [6, 6.07) is 17.7. The zero-order valence-corrected chi connectivity index (χ0v) is 9.07. The number of anilines is 2. The number of nitrogens with zero attached hydrogens (tertiary/aromatic N) is 1. The van der Waals surface area contributed by atoms with Gasteiger partial charge in [0.15, 0.2) is 0 Å². The lowest BCUT2D eigenvalue weighted by atomic mass is 10.1. The number of para-hydroxylation sites is 1. The number of nitriles is 1. The van der Waals surface area contributed by atoms with Gasteiger partial charge in [0.2, 0.25) is 0 Å². The molecule has 0 radical (unpaired) electrons. The molecule has 2 heteroatoms. The van der Waals surface area contributed by atoms with Gasteiger partial charge in [0, 0.05) is 11.4 Å². The first-order valence-corrected chi connectivity index (χ1v) is 5.12. The fraction of sp³-hybridized carbons (Fsp3) is 0.0714. The van der Waals surface area contributed by atoms with Crippen LogP contribution in [0.15, 0.2) is 48.5 Å². The maximum Gasteiger partial charge on any atom is 0.0992 e. The molecule has 2 nitrogen and oxygen atoms in total. The Kier molecular flexibility index (Phi) is 2.88. The van der Waals surface area contributed by atoms with Crippen molar-refractivity contribution >= 4 is 11.4 Å². The van der Waals surface area contributed by atoms with E-state index in [1.165, 1.54) is 0 Å². The van der Waals surface area contributed by atoms with Crippen molar-refractivity contribution in [3.05, 3.63) is 59.7 Å². The Hall–Kier alpha value is -2.27. The maximum atomic E-state index is 8.84. The van der Waals surface area contributed by atoms with Gasteiger partial charge in [-0.05, 0) is 36.8 Å². The summed E-state index contributed by atoms with van der Waals surface area (Å²) in [5.41, 5.74) is 3.80. The first-order valence-electron chi connectivity index (χ1n) is 5.12. The van der Waals surface area contributed by atoms with E-state index in [-0.39, 0.29) is 0 Å². The van der Waals surface area contributed by atoms with Gasteiger partial charge in [-0.3, -0.25) is 0 Å². The Bertz CT molecular complexity index is 524. The number of hydrogen-bond acceptors (Lipinski definition) is 2. The van der Waals surface area contributed by atoms with Crippen LogP contribution in [0.5, 0.6) is 0 Å². The highest BCUT2D eigenvalue weighted by Gasteiger charge is 2.00. The lowest BCUT2D eigenvalue weighted by molar-refractivity contribution is 1.40. The fourth-order valence-corrected chi connectivity index (χ4v) is 1.50. The van der Waals surface area contributed by atoms with Crippen molar-refractivity contribution in [2.45, 2.75) is 6.92 Å². The molecule has 0 aliphatic carbocycles. The summed E-state index contributed by atoms with van der Waals surface area (Å²) >= 11 is 0. The number of benzene rings is 2. The van der Waals surface area contributed by atoms with Crippen LogP contribution in [0.25, 0.3) is 0 Å². The van der Waals surface area contributed by atoms with E-state index >= 15 is 0 Å². The molecule has 0 amide bonds. The highest BCUT2D eigenvalue weighted by molar-refractivity contribution is 5.64. The fourth-order valence-electron chi connectivity index (χ4n) is 1.50. The van der Waals surface area contributed by atoms with Gasteiger partial charge < -0.3 is 5.32 Å². The summed E-state index contributed by atoms with van der Waals surface area (Å²) < 4.78 is 0. The Morgan fingerprint density at radius 3 is 2.50 bits per heavy atom. The van der Waals surface area contributed by atoms with E-state index < -0.39 is 0 Å². The average molecular weight is 208 g/mol. The second kappa shape index (κ2) is 4.50. The van der Waals surface area contributed by atoms with Crippen LogP contribution < -0.4 is 5.32 Å². The normalized spacial score (nSPS) is 9.50. The Morgan fingerprint density at radius 2 is 1.81 bits per heavy atom. The van der Waals surface area contributed by atoms with Gasteiger partial charge in [0.05, 0.1) is 11.6 Å². The molecule has 0 fully saturated rings. The molecule has 0 spiro atoms. The molecule has 78 valence electrons. The van der Waals surface area contributed by atoms with Crippen LogP contribution in [0.3, 0.4) is 0 Å². The zero-order valence-electron chi connectivity index (χ0n) is 9.07. The number of hydrogen-bond donors (Lipinski definition) is 1. The lowest BCUT2D eigenvalue weighted by Crippen LogP contribution is -1.93. The molecule has 0 bridgehead atoms. The van der Waals surface area contributed by atoms with E-state index in [0.29, 0.717) is 5.56 Å². The Labute approximate surface area is 95.2 Å². The second-order valence-corrected chi connectivity index (χ2v) is 3.63. The topological polar surface area (TPSA) is 35.8 Å². The van der Waals surface area contributed by atoms with Crippen LogP contribution in [0.1, 0.15) is 11.1 Å². The van der Waals surface area contributed by atoms with Gasteiger partial charge in [0.25, 0.3) is 0 Å². The molecular formula is C14H12N2. The highest BCUT2D eigenvalue weighted by Crippen LogP contribution is 2.21. The number of nitrogens with one attached hydrogen (secondary N) is 1. The first-order chi connectivity index (χ1) is 7.79. The van der Waals surface area contributed by atoms with Gasteiger partial charge >= 0.3 is 0 Å². The molecule has 0 aromatic heterocycles. The van der Waals surface area contributed by atoms with E-state index in [1.807, 2.05) is 55.5 Å². The molecule has 0 aliphatic rings. The molecule has 2 rings (SSSR count). The molecule has 2 aromatic carbocycles. The number of aryl methyl sites for hydroxylation is 1. The predicted molar refractivity (Wildman–Crippen MR) is 65.6 cm³/mol. The van der Waals surface area contributed by atoms with Gasteiger partial charge in [-0.15, -0.1) is 0 Å². The maximum absolute atomic E-state index is 8.84. The summed E-state index contributed by atoms with van der Waals surface area (Å²) in [6.45, 7) is 2.02. The van der Waals surface area contributed by atoms with Crippen LogP contribution >= 0.6 is 0 Å². The van der Waals surface area contributed by atoms with E-state index in [1.54, 1.807) is 0 Å². The third kappa shape index (κ3) is 2.21. The minimum absolute atomic E-state index is 0.670. The van der Waals surface area contributed by atoms with Crippen LogP contribution in [0.4, 0.5) is 11.4 Å². The van der Waals surface area contributed by atoms with Crippen molar-refractivity contribution < 1.29 is 0 Å². The predicted octanol–water partition coefficient (Wildman–Crippen LogP) is 3.61. The monoisotopic (exact) mass is 208 g/mol. The standard InChI is InChI=1S/C14H12N2/c1-11-7-8-12(10-15)9-14(11)16-13-5-3-2-4-6-13/h2-9,16H,1H3. The second-order valence-electron chi connectivity index (χ2n) is 3.63. The van der Waals surface area contributed by atoms with Crippen molar-refractivity contribution in [2.24, 2.45) is 0 Å². The van der Waals surface area contributed by atoms with Gasteiger partial charge in [0.1, 0.15) is 0 Å². The smallest absolute Gasteiger partial charge is 0.0992 e. The van der Waals surface area contributed by atoms with E-state index in [4.69, 9.17) is 5.26 Å². The molecule has 0 unspecified atom stereocenters. The molecule has 0 aliphatic heterocycles. The minimum Gasteiger partial charge on any atom is -0.355 e. The highest BCUT2D eigenvalue weighted by atomic mass is 14.9. The van der Waals surface area contributed by atoms with Gasteiger partial charge in [-0.2, -0.15) is 5.26 Å². The minimum atomic E-state index is 0.670. The third-order valence-corrected chi connectivity index (χ3v) is 2.42. The van der Waals surface area contributed by atoms with Gasteiger partial charge in [-0.1, -0.05) is 24.3 Å². The molecule has 2 aromatic rings. The molecule has 0 atom stereocenters. The van der Waals surface area contributed by atoms with Crippen molar-refractivity contribution in [1.82, 2.24) is 0 Å². The summed E-state index contributed by atoms with van der Waals surface area (Å²) in [7, 11) is 0. The number of rotatable bonds is 2. The van der Waals surface area contributed by atoms with E-state index in [9.17, 15) is 0 Å². The summed E-state index contributed by atoms with van der Waals surface area (Å²) in [4.78, 5) is 0. The van der Waals surface area contributed by atoms with Crippen molar-refractivity contribution in [2.75, 3.05) is 5.32 Å². The molecule has 0 saturated carbocycles. The molecule has 1 N–H and O–H groups in total. The summed E-state index contributed by atoms with van der Waals surface area (Å²) in [6.07, 6.45) is 0. The van der Waals surface area contributed by atoms with Crippen LogP contribution in [0, 0.1) is 18.3 Å². The largest absolute Gasteiger partial charge is 0.355 e. The van der Waals surface area contributed by atoms with Crippen molar-refractivity contribution in [3.8, 4) is 6.07 Å². The Morgan fingerprint density at radius 1 is 1.06 bits per heavy atom. The van der Waals surface area contributed by atoms with Crippen molar-refractivity contribution in [3.63, 3.8) is 0 Å². The van der Waals surface area contributed by atoms with Gasteiger partial charge in [-0.25, -0.2) is 0 Å². The van der Waals surface area contributed by atoms with Crippen LogP contribution in [-0.4, -0.2) is 0 Å². The molecule has 0 heterocycles. The molecule has 16 heavy (non-hydrogen) atoms. The average Bonchev–Trinajstić information content (AvgIpc) is 2.33. The van der Waals surface area contributed by atoms with Crippen LogP contribution in [0.2, 0.25) is 0 Å². The van der Waals surface area contributed by atoms with E-state index in [0.717, 1.165) is 16.9 Å². The Balaban J connectivity index is 2.31. The summed E-state index contributed by atoms with van der Waals surface area (Å²) in [5.74, 6) is 0.